The van der Waals surface area contributed by atoms with Crippen molar-refractivity contribution in [3.63, 3.8) is 0 Å². The number of carbonyl (C=O) groups is 1. The SMILES string of the molecule is COc1cc(-c2c(C(N)=O)cccc2C(F)(F)F)cnc1Br. The van der Waals surface area contributed by atoms with E-state index < -0.39 is 17.6 Å². The Morgan fingerprint density at radius 2 is 2.05 bits per heavy atom. The summed E-state index contributed by atoms with van der Waals surface area (Å²) in [7, 11) is 1.36. The Balaban J connectivity index is 2.80. The molecule has 22 heavy (non-hydrogen) atoms. The average molecular weight is 375 g/mol. The molecule has 0 spiro atoms. The predicted molar refractivity (Wildman–Crippen MR) is 77.4 cm³/mol. The number of hydrogen-bond donors (Lipinski definition) is 1. The summed E-state index contributed by atoms with van der Waals surface area (Å²) in [5.74, 6) is -0.715. The van der Waals surface area contributed by atoms with Crippen LogP contribution in [0.15, 0.2) is 35.1 Å². The number of pyridine rings is 1. The molecule has 0 aliphatic carbocycles. The predicted octanol–water partition coefficient (Wildman–Crippen LogP) is 3.64. The van der Waals surface area contributed by atoms with Crippen molar-refractivity contribution in [2.75, 3.05) is 7.11 Å². The lowest BCUT2D eigenvalue weighted by molar-refractivity contribution is -0.137. The Labute approximate surface area is 132 Å². The molecule has 0 unspecified atom stereocenters. The molecule has 0 aliphatic heterocycles. The first-order chi connectivity index (χ1) is 10.3. The van der Waals surface area contributed by atoms with Gasteiger partial charge in [-0.1, -0.05) is 6.07 Å². The molecule has 8 heteroatoms. The highest BCUT2D eigenvalue weighted by atomic mass is 79.9. The largest absolute Gasteiger partial charge is 0.494 e. The molecule has 1 amide bonds. The smallest absolute Gasteiger partial charge is 0.417 e. The van der Waals surface area contributed by atoms with Crippen molar-refractivity contribution in [3.05, 3.63) is 46.2 Å². The van der Waals surface area contributed by atoms with Crippen LogP contribution in [0.5, 0.6) is 5.75 Å². The fraction of sp³-hybridized carbons (Fsp3) is 0.143. The van der Waals surface area contributed by atoms with Gasteiger partial charge in [0.05, 0.1) is 12.7 Å². The monoisotopic (exact) mass is 374 g/mol. The zero-order valence-corrected chi connectivity index (χ0v) is 12.8. The molecule has 0 bridgehead atoms. The summed E-state index contributed by atoms with van der Waals surface area (Å²) in [6, 6.07) is 4.61. The Bertz CT molecular complexity index is 733. The van der Waals surface area contributed by atoms with E-state index in [9.17, 15) is 18.0 Å². The van der Waals surface area contributed by atoms with E-state index in [2.05, 4.69) is 20.9 Å². The summed E-state index contributed by atoms with van der Waals surface area (Å²) in [5, 5.41) is 0. The number of aromatic nitrogens is 1. The molecule has 116 valence electrons. The van der Waals surface area contributed by atoms with Gasteiger partial charge in [0.15, 0.2) is 5.75 Å². The second-order valence-electron chi connectivity index (χ2n) is 4.31. The zero-order valence-electron chi connectivity index (χ0n) is 11.2. The van der Waals surface area contributed by atoms with Crippen LogP contribution in [0, 0.1) is 0 Å². The van der Waals surface area contributed by atoms with Crippen molar-refractivity contribution in [2.24, 2.45) is 5.73 Å². The van der Waals surface area contributed by atoms with Gasteiger partial charge in [-0.05, 0) is 34.1 Å². The van der Waals surface area contributed by atoms with E-state index in [1.54, 1.807) is 0 Å². The number of methoxy groups -OCH3 is 1. The molecule has 0 radical (unpaired) electrons. The van der Waals surface area contributed by atoms with Gasteiger partial charge in [-0.2, -0.15) is 13.2 Å². The van der Waals surface area contributed by atoms with E-state index in [0.717, 1.165) is 12.1 Å². The van der Waals surface area contributed by atoms with Gasteiger partial charge in [-0.15, -0.1) is 0 Å². The van der Waals surface area contributed by atoms with Crippen LogP contribution >= 0.6 is 15.9 Å². The summed E-state index contributed by atoms with van der Waals surface area (Å²) in [5.41, 5.74) is 3.77. The van der Waals surface area contributed by atoms with Crippen LogP contribution in [0.4, 0.5) is 13.2 Å². The molecule has 0 atom stereocenters. The third kappa shape index (κ3) is 3.06. The molecule has 2 rings (SSSR count). The van der Waals surface area contributed by atoms with Gasteiger partial charge in [-0.25, -0.2) is 4.98 Å². The van der Waals surface area contributed by atoms with Crippen LogP contribution in [0.2, 0.25) is 0 Å². The van der Waals surface area contributed by atoms with Crippen LogP contribution in [0.25, 0.3) is 11.1 Å². The summed E-state index contributed by atoms with van der Waals surface area (Å²) in [6.45, 7) is 0. The number of carbonyl (C=O) groups excluding carboxylic acids is 1. The van der Waals surface area contributed by atoms with Crippen LogP contribution < -0.4 is 10.5 Å². The van der Waals surface area contributed by atoms with E-state index >= 15 is 0 Å². The zero-order chi connectivity index (χ0) is 16.5. The van der Waals surface area contributed by atoms with Crippen LogP contribution in [-0.2, 0) is 6.18 Å². The second-order valence-corrected chi connectivity index (χ2v) is 5.06. The van der Waals surface area contributed by atoms with Gasteiger partial charge in [0.25, 0.3) is 0 Å². The normalized spacial score (nSPS) is 11.3. The van der Waals surface area contributed by atoms with Crippen molar-refractivity contribution in [3.8, 4) is 16.9 Å². The molecule has 1 aromatic carbocycles. The molecule has 1 aromatic heterocycles. The van der Waals surface area contributed by atoms with E-state index in [-0.39, 0.29) is 22.4 Å². The first-order valence-corrected chi connectivity index (χ1v) is 6.75. The van der Waals surface area contributed by atoms with Crippen molar-refractivity contribution in [1.82, 2.24) is 4.98 Å². The number of nitrogens with zero attached hydrogens (tertiary/aromatic N) is 1. The van der Waals surface area contributed by atoms with E-state index in [1.807, 2.05) is 0 Å². The lowest BCUT2D eigenvalue weighted by atomic mass is 9.94. The molecule has 0 saturated carbocycles. The van der Waals surface area contributed by atoms with Gasteiger partial charge in [0, 0.05) is 22.9 Å². The van der Waals surface area contributed by atoms with Crippen molar-refractivity contribution < 1.29 is 22.7 Å². The fourth-order valence-corrected chi connectivity index (χ4v) is 2.39. The lowest BCUT2D eigenvalue weighted by Gasteiger charge is -2.16. The minimum Gasteiger partial charge on any atom is -0.494 e. The summed E-state index contributed by atoms with van der Waals surface area (Å²) >= 11 is 3.12. The average Bonchev–Trinajstić information content (AvgIpc) is 2.46. The van der Waals surface area contributed by atoms with Crippen LogP contribution in [0.3, 0.4) is 0 Å². The minimum absolute atomic E-state index is 0.0850. The minimum atomic E-state index is -4.64. The van der Waals surface area contributed by atoms with E-state index in [0.29, 0.717) is 4.60 Å². The number of nitrogens with two attached hydrogens (primary N) is 1. The number of benzene rings is 1. The molecular weight excluding hydrogens is 365 g/mol. The number of alkyl halides is 3. The maximum Gasteiger partial charge on any atom is 0.417 e. The molecular formula is C14H10BrF3N2O2. The number of rotatable bonds is 3. The molecule has 0 fully saturated rings. The second kappa shape index (κ2) is 5.96. The Morgan fingerprint density at radius 1 is 1.36 bits per heavy atom. The first-order valence-electron chi connectivity index (χ1n) is 5.95. The third-order valence-corrected chi connectivity index (χ3v) is 3.55. The highest BCUT2D eigenvalue weighted by Crippen LogP contribution is 2.40. The van der Waals surface area contributed by atoms with Crippen LogP contribution in [0.1, 0.15) is 15.9 Å². The Kier molecular flexibility index (Phi) is 4.41. The van der Waals surface area contributed by atoms with Crippen molar-refractivity contribution in [2.45, 2.75) is 6.18 Å². The summed E-state index contributed by atoms with van der Waals surface area (Å²) in [6.07, 6.45) is -3.43. The van der Waals surface area contributed by atoms with Gasteiger partial charge < -0.3 is 10.5 Å². The topological polar surface area (TPSA) is 65.2 Å². The maximum atomic E-state index is 13.2. The Hall–Kier alpha value is -2.09. The third-order valence-electron chi connectivity index (χ3n) is 2.95. The number of halogens is 4. The summed E-state index contributed by atoms with van der Waals surface area (Å²) < 4.78 is 45.0. The number of hydrogen-bond acceptors (Lipinski definition) is 3. The summed E-state index contributed by atoms with van der Waals surface area (Å²) in [4.78, 5) is 15.4. The molecule has 0 aliphatic rings. The molecule has 2 aromatic rings. The lowest BCUT2D eigenvalue weighted by Crippen LogP contribution is -2.16. The molecule has 1 heterocycles. The van der Waals surface area contributed by atoms with Crippen molar-refractivity contribution >= 4 is 21.8 Å². The van der Waals surface area contributed by atoms with Gasteiger partial charge >= 0.3 is 6.18 Å². The molecule has 4 nitrogen and oxygen atoms in total. The maximum absolute atomic E-state index is 13.2. The standard InChI is InChI=1S/C14H10BrF3N2O2/c1-22-10-5-7(6-20-12(10)15)11-8(13(19)21)3-2-4-9(11)14(16,17)18/h2-6H,1H3,(H2,19,21). The molecule has 0 saturated heterocycles. The quantitative estimate of drug-likeness (QED) is 0.834. The molecule has 2 N–H and O–H groups in total. The Morgan fingerprint density at radius 3 is 2.59 bits per heavy atom. The number of amides is 1. The van der Waals surface area contributed by atoms with E-state index in [1.165, 1.54) is 25.4 Å². The number of primary amides is 1. The van der Waals surface area contributed by atoms with Gasteiger partial charge in [0.2, 0.25) is 5.91 Å². The number of ether oxygens (including phenoxy) is 1. The van der Waals surface area contributed by atoms with Gasteiger partial charge in [0.1, 0.15) is 4.60 Å². The van der Waals surface area contributed by atoms with Crippen molar-refractivity contribution in [1.29, 1.82) is 0 Å². The highest BCUT2D eigenvalue weighted by Gasteiger charge is 2.35. The first kappa shape index (κ1) is 16.3. The van der Waals surface area contributed by atoms with Gasteiger partial charge in [-0.3, -0.25) is 4.79 Å². The van der Waals surface area contributed by atoms with Crippen LogP contribution in [-0.4, -0.2) is 18.0 Å². The van der Waals surface area contributed by atoms with E-state index in [4.69, 9.17) is 10.5 Å². The highest BCUT2D eigenvalue weighted by molar-refractivity contribution is 9.10. The fourth-order valence-electron chi connectivity index (χ4n) is 2.01.